The van der Waals surface area contributed by atoms with Gasteiger partial charge < -0.3 is 0 Å². The van der Waals surface area contributed by atoms with Crippen molar-refractivity contribution >= 4 is 27.5 Å². The zero-order valence-corrected chi connectivity index (χ0v) is 9.76. The lowest BCUT2D eigenvalue weighted by atomic mass is 10.2. The van der Waals surface area contributed by atoms with E-state index in [9.17, 15) is 4.39 Å². The Kier molecular flexibility index (Phi) is 2.98. The third-order valence-corrected chi connectivity index (χ3v) is 2.56. The van der Waals surface area contributed by atoms with Crippen LogP contribution in [-0.4, -0.2) is 9.97 Å². The number of aromatic nitrogens is 2. The van der Waals surface area contributed by atoms with E-state index in [1.165, 1.54) is 12.3 Å². The fourth-order valence-corrected chi connectivity index (χ4v) is 1.70. The predicted molar refractivity (Wildman–Crippen MR) is 60.1 cm³/mol. The van der Waals surface area contributed by atoms with Crippen LogP contribution >= 0.6 is 27.5 Å². The molecule has 0 N–H and O–H groups in total. The smallest absolute Gasteiger partial charge is 0.164 e. The highest BCUT2D eigenvalue weighted by Crippen LogP contribution is 2.28. The van der Waals surface area contributed by atoms with Crippen LogP contribution in [0.5, 0.6) is 0 Å². The molecule has 0 saturated heterocycles. The zero-order valence-electron chi connectivity index (χ0n) is 7.42. The van der Waals surface area contributed by atoms with Gasteiger partial charge in [-0.2, -0.15) is 0 Å². The number of hydrogen-bond acceptors (Lipinski definition) is 2. The summed E-state index contributed by atoms with van der Waals surface area (Å²) in [5.41, 5.74) is 0.223. The lowest BCUT2D eigenvalue weighted by Crippen LogP contribution is -1.92. The van der Waals surface area contributed by atoms with Crippen molar-refractivity contribution in [2.45, 2.75) is 0 Å². The van der Waals surface area contributed by atoms with E-state index >= 15 is 0 Å². The summed E-state index contributed by atoms with van der Waals surface area (Å²) >= 11 is 9.07. The van der Waals surface area contributed by atoms with Crippen molar-refractivity contribution in [3.05, 3.63) is 45.9 Å². The van der Waals surface area contributed by atoms with Gasteiger partial charge in [-0.15, -0.1) is 0 Å². The Morgan fingerprint density at radius 2 is 2.07 bits per heavy atom. The molecule has 0 aliphatic rings. The lowest BCUT2D eigenvalue weighted by molar-refractivity contribution is 0.630. The Morgan fingerprint density at radius 1 is 1.27 bits per heavy atom. The predicted octanol–water partition coefficient (Wildman–Crippen LogP) is 3.70. The Hall–Kier alpha value is -1.000. The van der Waals surface area contributed by atoms with Gasteiger partial charge in [0.1, 0.15) is 10.4 Å². The first kappa shape index (κ1) is 10.5. The minimum Gasteiger partial charge on any atom is -0.236 e. The van der Waals surface area contributed by atoms with Crippen molar-refractivity contribution in [2.75, 3.05) is 0 Å². The van der Waals surface area contributed by atoms with Crippen molar-refractivity contribution in [1.82, 2.24) is 9.97 Å². The molecule has 0 aliphatic heterocycles. The van der Waals surface area contributed by atoms with Gasteiger partial charge >= 0.3 is 0 Å². The molecule has 1 heterocycles. The quantitative estimate of drug-likeness (QED) is 0.747. The maximum Gasteiger partial charge on any atom is 0.164 e. The Balaban J connectivity index is 2.63. The summed E-state index contributed by atoms with van der Waals surface area (Å²) in [6, 6.07) is 6.13. The number of hydrogen-bond donors (Lipinski definition) is 0. The molecule has 0 amide bonds. The molecule has 1 aromatic carbocycles. The lowest BCUT2D eigenvalue weighted by Gasteiger charge is -2.03. The molecule has 0 spiro atoms. The van der Waals surface area contributed by atoms with Gasteiger partial charge in [0.2, 0.25) is 0 Å². The molecule has 0 unspecified atom stereocenters. The maximum absolute atomic E-state index is 13.5. The zero-order chi connectivity index (χ0) is 10.8. The summed E-state index contributed by atoms with van der Waals surface area (Å²) in [7, 11) is 0. The number of rotatable bonds is 1. The summed E-state index contributed by atoms with van der Waals surface area (Å²) in [5, 5.41) is 0.299. The van der Waals surface area contributed by atoms with Crippen molar-refractivity contribution < 1.29 is 4.39 Å². The van der Waals surface area contributed by atoms with Crippen LogP contribution in [-0.2, 0) is 0 Å². The van der Waals surface area contributed by atoms with Crippen molar-refractivity contribution in [3.8, 4) is 11.4 Å². The maximum atomic E-state index is 13.5. The summed E-state index contributed by atoms with van der Waals surface area (Å²) in [5.74, 6) is -0.159. The minimum atomic E-state index is -0.430. The molecule has 5 heteroatoms. The van der Waals surface area contributed by atoms with Gasteiger partial charge in [0.15, 0.2) is 5.82 Å². The molecule has 0 saturated carbocycles. The van der Waals surface area contributed by atoms with E-state index in [1.54, 1.807) is 18.2 Å². The summed E-state index contributed by atoms with van der Waals surface area (Å²) < 4.78 is 14.1. The highest BCUT2D eigenvalue weighted by molar-refractivity contribution is 9.10. The molecule has 0 fully saturated rings. The van der Waals surface area contributed by atoms with E-state index in [-0.39, 0.29) is 11.4 Å². The summed E-state index contributed by atoms with van der Waals surface area (Å²) in [6.07, 6.45) is 1.54. The van der Waals surface area contributed by atoms with Crippen LogP contribution in [0.15, 0.2) is 35.1 Å². The van der Waals surface area contributed by atoms with Crippen LogP contribution in [0, 0.1) is 5.82 Å². The molecule has 0 bridgehead atoms. The Morgan fingerprint density at radius 3 is 2.73 bits per heavy atom. The second-order valence-electron chi connectivity index (χ2n) is 2.80. The number of nitrogens with zero attached hydrogens (tertiary/aromatic N) is 2. The van der Waals surface area contributed by atoms with E-state index in [1.807, 2.05) is 0 Å². The molecule has 15 heavy (non-hydrogen) atoms. The summed E-state index contributed by atoms with van der Waals surface area (Å²) in [6.45, 7) is 0. The normalized spacial score (nSPS) is 10.3. The second kappa shape index (κ2) is 4.24. The Bertz CT molecular complexity index is 484. The van der Waals surface area contributed by atoms with Crippen molar-refractivity contribution in [1.29, 1.82) is 0 Å². The fraction of sp³-hybridized carbons (Fsp3) is 0. The summed E-state index contributed by atoms with van der Waals surface area (Å²) in [4.78, 5) is 8.01. The van der Waals surface area contributed by atoms with Gasteiger partial charge in [0.05, 0.1) is 10.6 Å². The molecule has 0 radical (unpaired) electrons. The monoisotopic (exact) mass is 286 g/mol. The highest BCUT2D eigenvalue weighted by Gasteiger charge is 2.11. The average Bonchev–Trinajstić information content (AvgIpc) is 2.17. The molecule has 0 aliphatic carbocycles. The molecular formula is C10H5BrClFN2. The van der Waals surface area contributed by atoms with E-state index in [0.717, 1.165) is 0 Å². The minimum absolute atomic E-state index is 0.223. The van der Waals surface area contributed by atoms with Crippen LogP contribution < -0.4 is 0 Å². The number of halogens is 3. The fourth-order valence-electron chi connectivity index (χ4n) is 1.17. The molecule has 2 nitrogen and oxygen atoms in total. The van der Waals surface area contributed by atoms with Crippen LogP contribution in [0.25, 0.3) is 11.4 Å². The van der Waals surface area contributed by atoms with E-state index < -0.39 is 5.82 Å². The molecule has 0 atom stereocenters. The van der Waals surface area contributed by atoms with Crippen LogP contribution in [0.4, 0.5) is 4.39 Å². The molecule has 76 valence electrons. The van der Waals surface area contributed by atoms with Crippen LogP contribution in [0.2, 0.25) is 5.02 Å². The van der Waals surface area contributed by atoms with E-state index in [4.69, 9.17) is 11.6 Å². The molecular weight excluding hydrogens is 282 g/mol. The second-order valence-corrected chi connectivity index (χ2v) is 4.02. The molecule has 2 rings (SSSR count). The van der Waals surface area contributed by atoms with Gasteiger partial charge in [0, 0.05) is 6.20 Å². The van der Waals surface area contributed by atoms with Gasteiger partial charge in [-0.1, -0.05) is 17.7 Å². The van der Waals surface area contributed by atoms with Gasteiger partial charge in [-0.3, -0.25) is 0 Å². The van der Waals surface area contributed by atoms with Crippen LogP contribution in [0.1, 0.15) is 0 Å². The largest absolute Gasteiger partial charge is 0.236 e. The van der Waals surface area contributed by atoms with Gasteiger partial charge in [-0.25, -0.2) is 14.4 Å². The van der Waals surface area contributed by atoms with Crippen molar-refractivity contribution in [3.63, 3.8) is 0 Å². The first-order valence-electron chi connectivity index (χ1n) is 4.11. The number of benzene rings is 1. The molecule has 1 aromatic heterocycles. The first-order valence-corrected chi connectivity index (χ1v) is 5.28. The standard InChI is InChI=1S/C10H5BrClFN2/c11-8-4-5-14-10(15-8)9-6(12)2-1-3-7(9)13/h1-5H. The van der Waals surface area contributed by atoms with Crippen LogP contribution in [0.3, 0.4) is 0 Å². The van der Waals surface area contributed by atoms with Gasteiger partial charge in [0.25, 0.3) is 0 Å². The third-order valence-electron chi connectivity index (χ3n) is 1.81. The third kappa shape index (κ3) is 2.16. The molecule has 2 aromatic rings. The highest BCUT2D eigenvalue weighted by atomic mass is 79.9. The van der Waals surface area contributed by atoms with E-state index in [0.29, 0.717) is 9.63 Å². The first-order chi connectivity index (χ1) is 7.18. The topological polar surface area (TPSA) is 25.8 Å². The average molecular weight is 288 g/mol. The SMILES string of the molecule is Fc1cccc(Cl)c1-c1nccc(Br)n1. The Labute approximate surface area is 99.3 Å². The van der Waals surface area contributed by atoms with Gasteiger partial charge in [-0.05, 0) is 34.1 Å². The van der Waals surface area contributed by atoms with E-state index in [2.05, 4.69) is 25.9 Å². The van der Waals surface area contributed by atoms with Crippen molar-refractivity contribution in [2.24, 2.45) is 0 Å².